The second-order valence-electron chi connectivity index (χ2n) is 9.47. The van der Waals surface area contributed by atoms with Crippen molar-refractivity contribution in [1.82, 2.24) is 4.98 Å². The molecule has 3 rings (SSSR count). The molecule has 0 spiro atoms. The van der Waals surface area contributed by atoms with Crippen LogP contribution in [0.4, 0.5) is 11.4 Å². The van der Waals surface area contributed by atoms with Gasteiger partial charge in [0.05, 0.1) is 32.1 Å². The summed E-state index contributed by atoms with van der Waals surface area (Å²) in [6.07, 6.45) is 3.83. The quantitative estimate of drug-likeness (QED) is 0.163. The summed E-state index contributed by atoms with van der Waals surface area (Å²) < 4.78 is 15.6. The molecule has 0 saturated carbocycles. The molecule has 0 bridgehead atoms. The molecule has 0 atom stereocenters. The van der Waals surface area contributed by atoms with E-state index in [1.807, 2.05) is 45.0 Å². The van der Waals surface area contributed by atoms with Crippen molar-refractivity contribution in [3.05, 3.63) is 59.7 Å². The van der Waals surface area contributed by atoms with Crippen molar-refractivity contribution in [3.63, 3.8) is 0 Å². The van der Waals surface area contributed by atoms with Gasteiger partial charge in [-0.15, -0.1) is 0 Å². The molecule has 2 aromatic carbocycles. The third kappa shape index (κ3) is 7.78. The molecular formula is C29H33N3O7. The number of pyridine rings is 1. The van der Waals surface area contributed by atoms with Crippen LogP contribution in [-0.4, -0.2) is 49.7 Å². The topological polar surface area (TPSA) is 116 Å². The summed E-state index contributed by atoms with van der Waals surface area (Å²) in [4.78, 5) is 46.6. The molecule has 0 radical (unpaired) electrons. The van der Waals surface area contributed by atoms with E-state index in [9.17, 15) is 14.4 Å². The van der Waals surface area contributed by atoms with Crippen molar-refractivity contribution < 1.29 is 33.4 Å². The van der Waals surface area contributed by atoms with Gasteiger partial charge >= 0.3 is 5.97 Å². The number of ether oxygens (including phenoxy) is 3. The van der Waals surface area contributed by atoms with Gasteiger partial charge < -0.3 is 19.5 Å². The lowest BCUT2D eigenvalue weighted by atomic mass is 9.98. The van der Waals surface area contributed by atoms with Crippen LogP contribution in [0.15, 0.2) is 48.5 Å². The summed E-state index contributed by atoms with van der Waals surface area (Å²) in [6, 6.07) is 12.5. The maximum Gasteiger partial charge on any atom is 0.302 e. The first-order chi connectivity index (χ1) is 18.6. The van der Waals surface area contributed by atoms with Gasteiger partial charge in [-0.2, -0.15) is 10.0 Å². The average molecular weight is 536 g/mol. The Morgan fingerprint density at radius 2 is 1.77 bits per heavy atom. The molecule has 39 heavy (non-hydrogen) atoms. The van der Waals surface area contributed by atoms with Gasteiger partial charge in [-0.1, -0.05) is 24.3 Å². The van der Waals surface area contributed by atoms with E-state index < -0.39 is 17.5 Å². The molecule has 0 unspecified atom stereocenters. The Balaban J connectivity index is 2.05. The molecule has 206 valence electrons. The minimum absolute atomic E-state index is 0.113. The molecular weight excluding hydrogens is 502 g/mol. The first-order valence-corrected chi connectivity index (χ1v) is 12.3. The molecule has 1 aromatic heterocycles. The van der Waals surface area contributed by atoms with Crippen LogP contribution in [0.2, 0.25) is 0 Å². The number of nitrogens with zero attached hydrogens (tertiary/aromatic N) is 2. The minimum Gasteiger partial charge on any atom is -0.481 e. The zero-order chi connectivity index (χ0) is 28.6. The van der Waals surface area contributed by atoms with Crippen LogP contribution in [0.1, 0.15) is 38.8 Å². The van der Waals surface area contributed by atoms with Crippen molar-refractivity contribution in [2.75, 3.05) is 31.2 Å². The zero-order valence-electron chi connectivity index (χ0n) is 22.9. The first kappa shape index (κ1) is 29.1. The number of amides is 2. The molecule has 1 N–H and O–H groups in total. The van der Waals surface area contributed by atoms with E-state index in [4.69, 9.17) is 19.0 Å². The number of rotatable bonds is 11. The smallest absolute Gasteiger partial charge is 0.302 e. The minimum atomic E-state index is -0.659. The van der Waals surface area contributed by atoms with Crippen molar-refractivity contribution in [2.24, 2.45) is 0 Å². The third-order valence-electron chi connectivity index (χ3n) is 5.44. The summed E-state index contributed by atoms with van der Waals surface area (Å²) in [5.74, 6) is -0.157. The number of methoxy groups -OCH3 is 2. The van der Waals surface area contributed by atoms with Crippen LogP contribution in [0, 0.1) is 0 Å². The second kappa shape index (κ2) is 12.9. The molecule has 0 aliphatic rings. The maximum atomic E-state index is 13.1. The number of anilines is 2. The molecule has 10 nitrogen and oxygen atoms in total. The fourth-order valence-corrected chi connectivity index (χ4v) is 3.88. The monoisotopic (exact) mass is 535 g/mol. The zero-order valence-corrected chi connectivity index (χ0v) is 22.9. The number of nitrogens with one attached hydrogen (secondary N) is 1. The Morgan fingerprint density at radius 1 is 1.05 bits per heavy atom. The molecule has 1 heterocycles. The highest BCUT2D eigenvalue weighted by Crippen LogP contribution is 2.36. The molecule has 0 aliphatic heterocycles. The predicted octanol–water partition coefficient (Wildman–Crippen LogP) is 4.70. The number of aromatic nitrogens is 1. The molecule has 0 aliphatic carbocycles. The first-order valence-electron chi connectivity index (χ1n) is 12.3. The Morgan fingerprint density at radius 3 is 2.38 bits per heavy atom. The van der Waals surface area contributed by atoms with Gasteiger partial charge in [-0.05, 0) is 49.9 Å². The molecule has 0 saturated heterocycles. The van der Waals surface area contributed by atoms with E-state index in [0.29, 0.717) is 41.5 Å². The summed E-state index contributed by atoms with van der Waals surface area (Å²) in [5, 5.41) is 5.55. The van der Waals surface area contributed by atoms with E-state index in [2.05, 4.69) is 10.3 Å². The van der Waals surface area contributed by atoms with Gasteiger partial charge in [-0.25, -0.2) is 0 Å². The SMILES string of the molecule is COc1ccc(/C=C/C(=O)Nc2cc(N(C=O)OC(C)(C)C)c3ccccc3c2CCOC(C)=O)c(OC)n1. The Bertz CT molecular complexity index is 1380. The lowest BCUT2D eigenvalue weighted by Crippen LogP contribution is -2.33. The highest BCUT2D eigenvalue weighted by atomic mass is 16.7. The van der Waals surface area contributed by atoms with E-state index >= 15 is 0 Å². The highest BCUT2D eigenvalue weighted by molar-refractivity contribution is 6.08. The summed E-state index contributed by atoms with van der Waals surface area (Å²) in [6.45, 7) is 6.93. The van der Waals surface area contributed by atoms with Gasteiger partial charge in [-0.3, -0.25) is 19.2 Å². The van der Waals surface area contributed by atoms with E-state index in [1.54, 1.807) is 24.3 Å². The number of carbonyl (C=O) groups is 3. The number of hydrogen-bond donors (Lipinski definition) is 1. The molecule has 10 heteroatoms. The molecule has 3 aromatic rings. The van der Waals surface area contributed by atoms with Crippen molar-refractivity contribution in [1.29, 1.82) is 0 Å². The average Bonchev–Trinajstić information content (AvgIpc) is 2.90. The fraction of sp³-hybridized carbons (Fsp3) is 0.310. The van der Waals surface area contributed by atoms with Crippen LogP contribution in [0.25, 0.3) is 16.8 Å². The Labute approximate surface area is 227 Å². The number of fused-ring (bicyclic) bond motifs is 1. The van der Waals surface area contributed by atoms with Gasteiger partial charge in [0.2, 0.25) is 24.1 Å². The molecule has 2 amide bonds. The Hall–Kier alpha value is -4.44. The molecule has 0 fully saturated rings. The largest absolute Gasteiger partial charge is 0.481 e. The van der Waals surface area contributed by atoms with Crippen molar-refractivity contribution in [3.8, 4) is 11.8 Å². The standard InChI is InChI=1S/C29H33N3O7/c1-19(34)38-16-15-22-21-9-7-8-10-23(21)25(32(18-33)39-29(2,3)4)17-24(22)30-26(35)13-11-20-12-14-27(36-5)31-28(20)37-6/h7-14,17-18H,15-16H2,1-6H3,(H,30,35)/b13-11+. The van der Waals surface area contributed by atoms with Crippen molar-refractivity contribution in [2.45, 2.75) is 39.7 Å². The Kier molecular flexibility index (Phi) is 9.62. The van der Waals surface area contributed by atoms with Gasteiger partial charge in [0.15, 0.2) is 0 Å². The maximum absolute atomic E-state index is 13.1. The van der Waals surface area contributed by atoms with Crippen LogP contribution < -0.4 is 19.9 Å². The summed E-state index contributed by atoms with van der Waals surface area (Å²) in [5.41, 5.74) is 1.55. The van der Waals surface area contributed by atoms with Crippen molar-refractivity contribution >= 4 is 46.5 Å². The predicted molar refractivity (Wildman–Crippen MR) is 149 cm³/mol. The van der Waals surface area contributed by atoms with Crippen LogP contribution in [0.5, 0.6) is 11.8 Å². The second-order valence-corrected chi connectivity index (χ2v) is 9.47. The number of hydroxylamine groups is 1. The van der Waals surface area contributed by atoms with Gasteiger partial charge in [0.1, 0.15) is 0 Å². The highest BCUT2D eigenvalue weighted by Gasteiger charge is 2.22. The van der Waals surface area contributed by atoms with E-state index in [-0.39, 0.29) is 6.61 Å². The lowest BCUT2D eigenvalue weighted by Gasteiger charge is -2.28. The number of carbonyl (C=O) groups excluding carboxylic acids is 3. The van der Waals surface area contributed by atoms with Gasteiger partial charge in [0, 0.05) is 42.1 Å². The fourth-order valence-electron chi connectivity index (χ4n) is 3.88. The summed E-state index contributed by atoms with van der Waals surface area (Å²) >= 11 is 0. The normalized spacial score (nSPS) is 11.3. The number of hydrogen-bond acceptors (Lipinski definition) is 8. The van der Waals surface area contributed by atoms with E-state index in [1.165, 1.54) is 27.2 Å². The number of esters is 1. The van der Waals surface area contributed by atoms with Gasteiger partial charge in [0.25, 0.3) is 0 Å². The van der Waals surface area contributed by atoms with E-state index in [0.717, 1.165) is 21.4 Å². The lowest BCUT2D eigenvalue weighted by molar-refractivity contribution is -0.140. The third-order valence-corrected chi connectivity index (χ3v) is 5.44. The number of benzene rings is 2. The van der Waals surface area contributed by atoms with Crippen LogP contribution >= 0.6 is 0 Å². The van der Waals surface area contributed by atoms with Crippen LogP contribution in [0.3, 0.4) is 0 Å². The van der Waals surface area contributed by atoms with Crippen LogP contribution in [-0.2, 0) is 30.4 Å². The summed E-state index contributed by atoms with van der Waals surface area (Å²) in [7, 11) is 2.98.